The topological polar surface area (TPSA) is 98.2 Å². The molecule has 0 aliphatic carbocycles. The molecule has 0 bridgehead atoms. The molecule has 80 valence electrons. The number of primary amides is 1. The minimum Gasteiger partial charge on any atom is -0.398 e. The molecule has 15 heavy (non-hydrogen) atoms. The zero-order chi connectivity index (χ0) is 11.4. The third-order valence-electron chi connectivity index (χ3n) is 1.90. The second-order valence-corrected chi connectivity index (χ2v) is 3.18. The lowest BCUT2D eigenvalue weighted by molar-refractivity contribution is -0.116. The van der Waals surface area contributed by atoms with Gasteiger partial charge in [0.2, 0.25) is 5.91 Å². The minimum absolute atomic E-state index is 0.0405. The van der Waals surface area contributed by atoms with Crippen molar-refractivity contribution >= 4 is 23.1 Å². The molecule has 0 saturated carbocycles. The molecular formula is C10H13N3O2. The monoisotopic (exact) mass is 207 g/mol. The number of nitrogens with two attached hydrogens (primary N) is 2. The standard InChI is InChI=1S/C10H13N3O2/c1-6(14)8-3-2-7(4-9(8)11)13-5-10(12)15/h2-4,13H,5,11H2,1H3,(H2,12,15). The first-order valence-electron chi connectivity index (χ1n) is 4.43. The highest BCUT2D eigenvalue weighted by Gasteiger charge is 2.05. The van der Waals surface area contributed by atoms with Crippen LogP contribution in [0.3, 0.4) is 0 Å². The Labute approximate surface area is 87.4 Å². The van der Waals surface area contributed by atoms with Crippen LogP contribution in [-0.2, 0) is 4.79 Å². The van der Waals surface area contributed by atoms with E-state index in [1.165, 1.54) is 6.92 Å². The molecule has 0 heterocycles. The van der Waals surface area contributed by atoms with Crippen molar-refractivity contribution in [3.8, 4) is 0 Å². The van der Waals surface area contributed by atoms with Crippen molar-refractivity contribution in [2.75, 3.05) is 17.6 Å². The zero-order valence-corrected chi connectivity index (χ0v) is 8.41. The second-order valence-electron chi connectivity index (χ2n) is 3.18. The number of anilines is 2. The number of Topliss-reactive ketones (excluding diaryl/α,β-unsaturated/α-hetero) is 1. The van der Waals surface area contributed by atoms with E-state index in [4.69, 9.17) is 11.5 Å². The average molecular weight is 207 g/mol. The molecule has 5 heteroatoms. The lowest BCUT2D eigenvalue weighted by Crippen LogP contribution is -2.21. The maximum Gasteiger partial charge on any atom is 0.236 e. The van der Waals surface area contributed by atoms with Crippen LogP contribution in [0.2, 0.25) is 0 Å². The van der Waals surface area contributed by atoms with Gasteiger partial charge in [-0.15, -0.1) is 0 Å². The van der Waals surface area contributed by atoms with Gasteiger partial charge in [0.05, 0.1) is 6.54 Å². The first-order valence-corrected chi connectivity index (χ1v) is 4.43. The van der Waals surface area contributed by atoms with E-state index < -0.39 is 5.91 Å². The Bertz CT molecular complexity index is 402. The van der Waals surface area contributed by atoms with Crippen LogP contribution in [0.5, 0.6) is 0 Å². The Balaban J connectivity index is 2.82. The van der Waals surface area contributed by atoms with Crippen molar-refractivity contribution in [2.24, 2.45) is 5.73 Å². The van der Waals surface area contributed by atoms with Crippen LogP contribution < -0.4 is 16.8 Å². The number of carbonyl (C=O) groups is 2. The van der Waals surface area contributed by atoms with E-state index in [2.05, 4.69) is 5.32 Å². The van der Waals surface area contributed by atoms with E-state index in [1.807, 2.05) is 0 Å². The maximum absolute atomic E-state index is 11.1. The van der Waals surface area contributed by atoms with E-state index in [-0.39, 0.29) is 12.3 Å². The second kappa shape index (κ2) is 4.45. The van der Waals surface area contributed by atoms with Crippen LogP contribution in [-0.4, -0.2) is 18.2 Å². The molecule has 0 fully saturated rings. The van der Waals surface area contributed by atoms with Crippen LogP contribution in [0.15, 0.2) is 18.2 Å². The summed E-state index contributed by atoms with van der Waals surface area (Å²) in [5.74, 6) is -0.543. The Morgan fingerprint density at radius 2 is 2.07 bits per heavy atom. The molecule has 0 saturated heterocycles. The van der Waals surface area contributed by atoms with Crippen LogP contribution in [0, 0.1) is 0 Å². The predicted molar refractivity (Wildman–Crippen MR) is 58.5 cm³/mol. The van der Waals surface area contributed by atoms with Crippen molar-refractivity contribution in [1.29, 1.82) is 0 Å². The number of rotatable bonds is 4. The Morgan fingerprint density at radius 3 is 2.53 bits per heavy atom. The van der Waals surface area contributed by atoms with Gasteiger partial charge in [0.15, 0.2) is 5.78 Å². The van der Waals surface area contributed by atoms with Gasteiger partial charge < -0.3 is 16.8 Å². The van der Waals surface area contributed by atoms with Crippen molar-refractivity contribution in [2.45, 2.75) is 6.92 Å². The molecule has 0 radical (unpaired) electrons. The Morgan fingerprint density at radius 1 is 1.40 bits per heavy atom. The van der Waals surface area contributed by atoms with Crippen molar-refractivity contribution in [1.82, 2.24) is 0 Å². The predicted octanol–water partition coefficient (Wildman–Crippen LogP) is 0.369. The van der Waals surface area contributed by atoms with Gasteiger partial charge >= 0.3 is 0 Å². The number of nitrogens with one attached hydrogen (secondary N) is 1. The fraction of sp³-hybridized carbons (Fsp3) is 0.200. The molecule has 0 aromatic heterocycles. The minimum atomic E-state index is -0.454. The molecule has 5 N–H and O–H groups in total. The molecule has 1 aromatic rings. The molecule has 0 spiro atoms. The fourth-order valence-corrected chi connectivity index (χ4v) is 1.18. The SMILES string of the molecule is CC(=O)c1ccc(NCC(N)=O)cc1N. The highest BCUT2D eigenvalue weighted by atomic mass is 16.1. The number of carbonyl (C=O) groups excluding carboxylic acids is 2. The third-order valence-corrected chi connectivity index (χ3v) is 1.90. The zero-order valence-electron chi connectivity index (χ0n) is 8.41. The van der Waals surface area contributed by atoms with Crippen molar-refractivity contribution in [3.05, 3.63) is 23.8 Å². The molecule has 0 aliphatic heterocycles. The van der Waals surface area contributed by atoms with Crippen LogP contribution in [0.25, 0.3) is 0 Å². The smallest absolute Gasteiger partial charge is 0.236 e. The molecule has 0 aliphatic rings. The fourth-order valence-electron chi connectivity index (χ4n) is 1.18. The van der Waals surface area contributed by atoms with E-state index >= 15 is 0 Å². The van der Waals surface area contributed by atoms with Crippen LogP contribution in [0.4, 0.5) is 11.4 Å². The number of benzene rings is 1. The molecule has 1 amide bonds. The summed E-state index contributed by atoms with van der Waals surface area (Å²) in [6.45, 7) is 1.49. The van der Waals surface area contributed by atoms with Crippen LogP contribution in [0.1, 0.15) is 17.3 Å². The number of amides is 1. The van der Waals surface area contributed by atoms with E-state index in [1.54, 1.807) is 18.2 Å². The summed E-state index contributed by atoms with van der Waals surface area (Å²) >= 11 is 0. The first-order chi connectivity index (χ1) is 7.00. The molecular weight excluding hydrogens is 194 g/mol. The van der Waals surface area contributed by atoms with Gasteiger partial charge in [-0.2, -0.15) is 0 Å². The van der Waals surface area contributed by atoms with Gasteiger partial charge in [-0.3, -0.25) is 9.59 Å². The van der Waals surface area contributed by atoms with Gasteiger partial charge in [0, 0.05) is 16.9 Å². The summed E-state index contributed by atoms with van der Waals surface area (Å²) in [7, 11) is 0. The highest BCUT2D eigenvalue weighted by molar-refractivity contribution is 5.99. The van der Waals surface area contributed by atoms with Gasteiger partial charge in [-0.05, 0) is 25.1 Å². The van der Waals surface area contributed by atoms with Gasteiger partial charge in [-0.1, -0.05) is 0 Å². The quantitative estimate of drug-likeness (QED) is 0.490. The maximum atomic E-state index is 11.1. The Hall–Kier alpha value is -2.04. The van der Waals surface area contributed by atoms with Gasteiger partial charge in [0.1, 0.15) is 0 Å². The molecule has 1 rings (SSSR count). The van der Waals surface area contributed by atoms with Gasteiger partial charge in [-0.25, -0.2) is 0 Å². The summed E-state index contributed by atoms with van der Waals surface area (Å²) in [6.07, 6.45) is 0. The summed E-state index contributed by atoms with van der Waals surface area (Å²) < 4.78 is 0. The lowest BCUT2D eigenvalue weighted by Gasteiger charge is -2.07. The van der Waals surface area contributed by atoms with E-state index in [0.29, 0.717) is 16.9 Å². The third kappa shape index (κ3) is 2.98. The molecule has 5 nitrogen and oxygen atoms in total. The highest BCUT2D eigenvalue weighted by Crippen LogP contribution is 2.18. The summed E-state index contributed by atoms with van der Waals surface area (Å²) in [6, 6.07) is 4.89. The normalized spacial score (nSPS) is 9.67. The van der Waals surface area contributed by atoms with E-state index in [9.17, 15) is 9.59 Å². The average Bonchev–Trinajstić information content (AvgIpc) is 2.14. The van der Waals surface area contributed by atoms with Crippen LogP contribution >= 0.6 is 0 Å². The number of hydrogen-bond acceptors (Lipinski definition) is 4. The summed E-state index contributed by atoms with van der Waals surface area (Å²) in [5, 5.41) is 2.79. The summed E-state index contributed by atoms with van der Waals surface area (Å²) in [5.41, 5.74) is 12.1. The van der Waals surface area contributed by atoms with Crippen molar-refractivity contribution in [3.63, 3.8) is 0 Å². The van der Waals surface area contributed by atoms with E-state index in [0.717, 1.165) is 0 Å². The summed E-state index contributed by atoms with van der Waals surface area (Å²) in [4.78, 5) is 21.6. The largest absolute Gasteiger partial charge is 0.398 e. The lowest BCUT2D eigenvalue weighted by atomic mass is 10.1. The van der Waals surface area contributed by atoms with Gasteiger partial charge in [0.25, 0.3) is 0 Å². The van der Waals surface area contributed by atoms with Crippen molar-refractivity contribution < 1.29 is 9.59 Å². The molecule has 0 atom stereocenters. The number of nitrogen functional groups attached to an aromatic ring is 1. The number of ketones is 1. The Kier molecular flexibility index (Phi) is 3.28. The first kappa shape index (κ1) is 11.0. The molecule has 0 unspecified atom stereocenters. The number of hydrogen-bond donors (Lipinski definition) is 3. The molecule has 1 aromatic carbocycles.